The molecule has 0 unspecified atom stereocenters. The number of urea groups is 1. The van der Waals surface area contributed by atoms with Gasteiger partial charge in [0.05, 0.1) is 12.7 Å². The van der Waals surface area contributed by atoms with Gasteiger partial charge in [0.15, 0.2) is 6.61 Å². The van der Waals surface area contributed by atoms with Crippen LogP contribution in [0.1, 0.15) is 22.8 Å². The number of halogens is 1. The zero-order valence-electron chi connectivity index (χ0n) is 17.3. The van der Waals surface area contributed by atoms with Crippen LogP contribution in [0, 0.1) is 0 Å². The van der Waals surface area contributed by atoms with Crippen molar-refractivity contribution in [3.8, 4) is 5.75 Å². The molecule has 2 aromatic rings. The molecule has 2 aromatic carbocycles. The highest BCUT2D eigenvalue weighted by Crippen LogP contribution is 2.25. The van der Waals surface area contributed by atoms with Crippen LogP contribution in [0.25, 0.3) is 0 Å². The normalized spacial score (nSPS) is 10.8. The fourth-order valence-electron chi connectivity index (χ4n) is 2.45. The fourth-order valence-corrected chi connectivity index (χ4v) is 3.79. The van der Waals surface area contributed by atoms with E-state index in [2.05, 4.69) is 10.0 Å². The van der Waals surface area contributed by atoms with Gasteiger partial charge in [-0.3, -0.25) is 10.1 Å². The van der Waals surface area contributed by atoms with Gasteiger partial charge in [0.2, 0.25) is 10.0 Å². The van der Waals surface area contributed by atoms with E-state index in [0.29, 0.717) is 17.1 Å². The molecule has 0 bridgehead atoms. The van der Waals surface area contributed by atoms with Crippen molar-refractivity contribution in [2.45, 2.75) is 18.4 Å². The first kappa shape index (κ1) is 25.1. The Bertz CT molecular complexity index is 1090. The molecular formula is C20H22ClN3O7S. The van der Waals surface area contributed by atoms with Gasteiger partial charge in [0.1, 0.15) is 10.6 Å². The minimum atomic E-state index is -4.07. The minimum absolute atomic E-state index is 0.0131. The summed E-state index contributed by atoms with van der Waals surface area (Å²) in [6, 6.07) is 9.53. The molecule has 12 heteroatoms. The Hall–Kier alpha value is -3.15. The molecule has 0 spiro atoms. The molecule has 3 N–H and O–H groups in total. The summed E-state index contributed by atoms with van der Waals surface area (Å²) in [4.78, 5) is 34.9. The second-order valence-electron chi connectivity index (χ2n) is 6.30. The summed E-state index contributed by atoms with van der Waals surface area (Å²) in [7, 11) is -2.78. The number of imide groups is 1. The Morgan fingerprint density at radius 3 is 2.38 bits per heavy atom. The van der Waals surface area contributed by atoms with Gasteiger partial charge in [-0.1, -0.05) is 23.7 Å². The second kappa shape index (κ2) is 11.5. The van der Waals surface area contributed by atoms with Gasteiger partial charge < -0.3 is 14.8 Å². The molecule has 3 amide bonds. The number of nitrogens with one attached hydrogen (secondary N) is 3. The molecule has 0 aliphatic carbocycles. The van der Waals surface area contributed by atoms with Crippen molar-refractivity contribution < 1.29 is 32.3 Å². The van der Waals surface area contributed by atoms with Crippen LogP contribution in [0.5, 0.6) is 5.75 Å². The van der Waals surface area contributed by atoms with Crippen molar-refractivity contribution in [1.29, 1.82) is 0 Å². The van der Waals surface area contributed by atoms with E-state index in [9.17, 15) is 22.8 Å². The zero-order valence-corrected chi connectivity index (χ0v) is 18.9. The van der Waals surface area contributed by atoms with E-state index in [1.807, 2.05) is 5.32 Å². The molecule has 10 nitrogen and oxygen atoms in total. The molecule has 0 heterocycles. The third-order valence-electron chi connectivity index (χ3n) is 3.99. The predicted octanol–water partition coefficient (Wildman–Crippen LogP) is 1.83. The lowest BCUT2D eigenvalue weighted by molar-refractivity contribution is -0.123. The molecule has 0 fully saturated rings. The van der Waals surface area contributed by atoms with Gasteiger partial charge >= 0.3 is 12.0 Å². The first-order valence-corrected chi connectivity index (χ1v) is 11.2. The van der Waals surface area contributed by atoms with Crippen LogP contribution in [-0.2, 0) is 26.1 Å². The molecule has 32 heavy (non-hydrogen) atoms. The average molecular weight is 484 g/mol. The fraction of sp³-hybridized carbons (Fsp3) is 0.250. The summed E-state index contributed by atoms with van der Waals surface area (Å²) in [6.45, 7) is 1.24. The Morgan fingerprint density at radius 1 is 1.06 bits per heavy atom. The number of benzene rings is 2. The number of amides is 3. The number of carbonyl (C=O) groups is 3. The van der Waals surface area contributed by atoms with Gasteiger partial charge in [0.25, 0.3) is 5.91 Å². The highest BCUT2D eigenvalue weighted by Gasteiger charge is 2.22. The number of carbonyl (C=O) groups excluding carboxylic acids is 3. The van der Waals surface area contributed by atoms with E-state index in [0.717, 1.165) is 6.07 Å². The van der Waals surface area contributed by atoms with Crippen LogP contribution >= 0.6 is 11.6 Å². The standard InChI is InChI=1S/C20H22ClN3O7S/c1-3-22-20(27)24-18(25)12-31-19(26)14-6-9-16(30-2)17(10-14)32(28,29)23-11-13-4-7-15(21)8-5-13/h4-10,23H,3,11-12H2,1-2H3,(H2,22,24,25,27). The quantitative estimate of drug-likeness (QED) is 0.462. The Balaban J connectivity index is 2.11. The largest absolute Gasteiger partial charge is 0.495 e. The number of sulfonamides is 1. The molecule has 0 atom stereocenters. The van der Waals surface area contributed by atoms with Crippen molar-refractivity contribution in [3.05, 3.63) is 58.6 Å². The smallest absolute Gasteiger partial charge is 0.338 e. The van der Waals surface area contributed by atoms with E-state index in [4.69, 9.17) is 21.1 Å². The van der Waals surface area contributed by atoms with Crippen LogP contribution in [0.2, 0.25) is 5.02 Å². The summed E-state index contributed by atoms with van der Waals surface area (Å²) in [5.41, 5.74) is 0.550. The van der Waals surface area contributed by atoms with Gasteiger partial charge in [0, 0.05) is 18.1 Å². The van der Waals surface area contributed by atoms with E-state index < -0.39 is 34.5 Å². The maximum atomic E-state index is 12.8. The lowest BCUT2D eigenvalue weighted by atomic mass is 10.2. The molecule has 0 aliphatic rings. The highest BCUT2D eigenvalue weighted by molar-refractivity contribution is 7.89. The molecule has 0 saturated carbocycles. The first-order valence-electron chi connectivity index (χ1n) is 9.33. The minimum Gasteiger partial charge on any atom is -0.495 e. The van der Waals surface area contributed by atoms with Crippen molar-refractivity contribution in [2.75, 3.05) is 20.3 Å². The summed E-state index contributed by atoms with van der Waals surface area (Å²) in [6.07, 6.45) is 0. The van der Waals surface area contributed by atoms with Crippen molar-refractivity contribution in [2.24, 2.45) is 0 Å². The summed E-state index contributed by atoms with van der Waals surface area (Å²) in [5, 5.41) is 4.85. The molecule has 0 radical (unpaired) electrons. The van der Waals surface area contributed by atoms with E-state index in [-0.39, 0.29) is 22.8 Å². The predicted molar refractivity (Wildman–Crippen MR) is 116 cm³/mol. The SMILES string of the molecule is CCNC(=O)NC(=O)COC(=O)c1ccc(OC)c(S(=O)(=O)NCc2ccc(Cl)cc2)c1. The number of esters is 1. The van der Waals surface area contributed by atoms with Crippen molar-refractivity contribution >= 4 is 39.5 Å². The van der Waals surface area contributed by atoms with Crippen LogP contribution in [0.15, 0.2) is 47.4 Å². The average Bonchev–Trinajstić information content (AvgIpc) is 2.76. The Kier molecular flexibility index (Phi) is 9.00. The third kappa shape index (κ3) is 7.22. The van der Waals surface area contributed by atoms with Crippen LogP contribution < -0.4 is 20.1 Å². The molecular weight excluding hydrogens is 462 g/mol. The number of hydrogen-bond donors (Lipinski definition) is 3. The van der Waals surface area contributed by atoms with Gasteiger partial charge in [-0.2, -0.15) is 0 Å². The maximum Gasteiger partial charge on any atom is 0.338 e. The van der Waals surface area contributed by atoms with Crippen LogP contribution in [-0.4, -0.2) is 46.6 Å². The number of methoxy groups -OCH3 is 1. The summed E-state index contributed by atoms with van der Waals surface area (Å²) >= 11 is 5.82. The van der Waals surface area contributed by atoms with Gasteiger partial charge in [-0.15, -0.1) is 0 Å². The lowest BCUT2D eigenvalue weighted by Crippen LogP contribution is -2.41. The molecule has 0 aromatic heterocycles. The third-order valence-corrected chi connectivity index (χ3v) is 5.67. The topological polar surface area (TPSA) is 140 Å². The number of hydrogen-bond acceptors (Lipinski definition) is 7. The number of ether oxygens (including phenoxy) is 2. The summed E-state index contributed by atoms with van der Waals surface area (Å²) < 4.78 is 38.0. The molecule has 0 saturated heterocycles. The Morgan fingerprint density at radius 2 is 1.75 bits per heavy atom. The first-order chi connectivity index (χ1) is 15.2. The monoisotopic (exact) mass is 483 g/mol. The van der Waals surface area contributed by atoms with E-state index in [1.54, 1.807) is 31.2 Å². The summed E-state index contributed by atoms with van der Waals surface area (Å²) in [5.74, 6) is -1.78. The van der Waals surface area contributed by atoms with Gasteiger partial charge in [-0.25, -0.2) is 22.7 Å². The second-order valence-corrected chi connectivity index (χ2v) is 8.47. The maximum absolute atomic E-state index is 12.8. The van der Waals surface area contributed by atoms with Crippen molar-refractivity contribution in [3.63, 3.8) is 0 Å². The van der Waals surface area contributed by atoms with Crippen LogP contribution in [0.4, 0.5) is 4.79 Å². The zero-order chi connectivity index (χ0) is 23.7. The lowest BCUT2D eigenvalue weighted by Gasteiger charge is -2.12. The molecule has 0 aliphatic heterocycles. The van der Waals surface area contributed by atoms with E-state index in [1.165, 1.54) is 19.2 Å². The van der Waals surface area contributed by atoms with Crippen molar-refractivity contribution in [1.82, 2.24) is 15.4 Å². The van der Waals surface area contributed by atoms with E-state index >= 15 is 0 Å². The highest BCUT2D eigenvalue weighted by atomic mass is 35.5. The molecule has 2 rings (SSSR count). The van der Waals surface area contributed by atoms with Crippen LogP contribution in [0.3, 0.4) is 0 Å². The van der Waals surface area contributed by atoms with Gasteiger partial charge in [-0.05, 0) is 42.8 Å². The molecule has 172 valence electrons. The number of rotatable bonds is 9. The Labute approximate surface area is 190 Å².